The van der Waals surface area contributed by atoms with Crippen LogP contribution in [0.4, 0.5) is 5.69 Å². The van der Waals surface area contributed by atoms with Crippen molar-refractivity contribution < 1.29 is 4.79 Å². The molecule has 2 aromatic rings. The smallest absolute Gasteiger partial charge is 0.247 e. The Morgan fingerprint density at radius 2 is 2.17 bits per heavy atom. The minimum Gasteiger partial charge on any atom is -0.361 e. The lowest BCUT2D eigenvalue weighted by Gasteiger charge is -2.14. The number of rotatable bonds is 3. The van der Waals surface area contributed by atoms with Gasteiger partial charge in [0.25, 0.3) is 0 Å². The Morgan fingerprint density at radius 3 is 2.96 bits per heavy atom. The van der Waals surface area contributed by atoms with Crippen molar-refractivity contribution in [2.75, 3.05) is 5.32 Å². The maximum Gasteiger partial charge on any atom is 0.247 e. The number of hydrogen-bond acceptors (Lipinski definition) is 1. The Kier molecular flexibility index (Phi) is 4.52. The maximum absolute atomic E-state index is 11.7. The lowest BCUT2D eigenvalue weighted by atomic mass is 9.94. The highest BCUT2D eigenvalue weighted by Gasteiger charge is 2.11. The fraction of sp³-hybridized carbons (Fsp3) is 0.190. The zero-order chi connectivity index (χ0) is 17.1. The molecule has 1 amide bonds. The van der Waals surface area contributed by atoms with Gasteiger partial charge < -0.3 is 10.3 Å². The molecule has 0 spiro atoms. The molecule has 3 heteroatoms. The highest BCUT2D eigenvalue weighted by molar-refractivity contribution is 6.03. The lowest BCUT2D eigenvalue weighted by Crippen LogP contribution is -2.25. The van der Waals surface area contributed by atoms with Crippen molar-refractivity contribution in [3.63, 3.8) is 0 Å². The Labute approximate surface area is 142 Å². The van der Waals surface area contributed by atoms with Crippen LogP contribution in [0.1, 0.15) is 24.5 Å². The zero-order valence-corrected chi connectivity index (χ0v) is 14.1. The van der Waals surface area contributed by atoms with Crippen LogP contribution < -0.4 is 15.9 Å². The van der Waals surface area contributed by atoms with Crippen molar-refractivity contribution in [2.45, 2.75) is 20.3 Å². The second-order valence-electron chi connectivity index (χ2n) is 6.22. The van der Waals surface area contributed by atoms with Gasteiger partial charge in [-0.05, 0) is 48.6 Å². The summed E-state index contributed by atoms with van der Waals surface area (Å²) in [6.45, 7) is 7.84. The first-order valence-electron chi connectivity index (χ1n) is 8.19. The van der Waals surface area contributed by atoms with Gasteiger partial charge in [0.05, 0.1) is 0 Å². The molecule has 1 aromatic carbocycles. The monoisotopic (exact) mass is 318 g/mol. The molecule has 3 nitrogen and oxygen atoms in total. The van der Waals surface area contributed by atoms with Crippen LogP contribution in [0.25, 0.3) is 17.7 Å². The summed E-state index contributed by atoms with van der Waals surface area (Å²) < 4.78 is 0. The molecule has 0 saturated carbocycles. The number of hydrogen-bond donors (Lipinski definition) is 2. The van der Waals surface area contributed by atoms with E-state index in [1.54, 1.807) is 0 Å². The van der Waals surface area contributed by atoms with Gasteiger partial charge in [0, 0.05) is 28.0 Å². The Balaban J connectivity index is 2.18. The number of carbonyl (C=O) groups is 1. The summed E-state index contributed by atoms with van der Waals surface area (Å²) >= 11 is 0. The Morgan fingerprint density at radius 1 is 1.38 bits per heavy atom. The molecule has 2 N–H and O–H groups in total. The van der Waals surface area contributed by atoms with Crippen molar-refractivity contribution in [2.24, 2.45) is 5.92 Å². The number of benzene rings is 1. The minimum atomic E-state index is -0.200. The van der Waals surface area contributed by atoms with Crippen LogP contribution in [0, 0.1) is 12.8 Å². The lowest BCUT2D eigenvalue weighted by molar-refractivity contribution is -0.111. The first kappa shape index (κ1) is 16.1. The average Bonchev–Trinajstić information content (AvgIpc) is 2.90. The Hall–Kier alpha value is -2.81. The molecule has 1 unspecified atom stereocenters. The Bertz CT molecular complexity index is 931. The summed E-state index contributed by atoms with van der Waals surface area (Å²) in [5, 5.41) is 5.28. The van der Waals surface area contributed by atoms with Gasteiger partial charge in [-0.2, -0.15) is 0 Å². The largest absolute Gasteiger partial charge is 0.361 e. The van der Waals surface area contributed by atoms with Crippen LogP contribution in [0.5, 0.6) is 0 Å². The van der Waals surface area contributed by atoms with Crippen LogP contribution >= 0.6 is 0 Å². The predicted molar refractivity (Wildman–Crippen MR) is 101 cm³/mol. The van der Waals surface area contributed by atoms with Crippen LogP contribution in [0.3, 0.4) is 0 Å². The fourth-order valence-corrected chi connectivity index (χ4v) is 2.99. The molecular weight excluding hydrogens is 296 g/mol. The number of allylic oxidation sites excluding steroid dienone is 2. The molecule has 1 aliphatic carbocycles. The summed E-state index contributed by atoms with van der Waals surface area (Å²) in [6, 6.07) is 7.89. The number of nitrogens with one attached hydrogen (secondary N) is 2. The average molecular weight is 318 g/mol. The summed E-state index contributed by atoms with van der Waals surface area (Å²) in [7, 11) is 0. The van der Waals surface area contributed by atoms with Crippen LogP contribution in [-0.4, -0.2) is 10.9 Å². The van der Waals surface area contributed by atoms with E-state index in [9.17, 15) is 4.79 Å². The van der Waals surface area contributed by atoms with Crippen LogP contribution in [0.2, 0.25) is 0 Å². The molecule has 24 heavy (non-hydrogen) atoms. The number of H-pyrrole nitrogens is 1. The molecule has 122 valence electrons. The molecule has 3 rings (SSSR count). The molecule has 0 saturated heterocycles. The van der Waals surface area contributed by atoms with E-state index in [2.05, 4.69) is 49.0 Å². The van der Waals surface area contributed by atoms with Gasteiger partial charge in [-0.25, -0.2) is 0 Å². The number of anilines is 1. The second kappa shape index (κ2) is 6.75. The molecule has 0 aliphatic heterocycles. The van der Waals surface area contributed by atoms with Gasteiger partial charge in [-0.15, -0.1) is 0 Å². The highest BCUT2D eigenvalue weighted by atomic mass is 16.1. The van der Waals surface area contributed by atoms with Crippen LogP contribution in [0.15, 0.2) is 49.2 Å². The van der Waals surface area contributed by atoms with Crippen molar-refractivity contribution >= 4 is 29.3 Å². The molecule has 1 aromatic heterocycles. The van der Waals surface area contributed by atoms with Gasteiger partial charge in [-0.1, -0.05) is 43.9 Å². The molecule has 0 radical (unpaired) electrons. The topological polar surface area (TPSA) is 44.9 Å². The van der Waals surface area contributed by atoms with Crippen molar-refractivity contribution in [1.82, 2.24) is 4.98 Å². The number of para-hydroxylation sites is 1. The summed E-state index contributed by atoms with van der Waals surface area (Å²) in [5.74, 6) is 0.213. The highest BCUT2D eigenvalue weighted by Crippen LogP contribution is 2.27. The van der Waals surface area contributed by atoms with Gasteiger partial charge in [-0.3, -0.25) is 4.79 Å². The van der Waals surface area contributed by atoms with Gasteiger partial charge >= 0.3 is 0 Å². The molecule has 1 aliphatic rings. The third-order valence-corrected chi connectivity index (χ3v) is 4.30. The van der Waals surface area contributed by atoms with E-state index in [0.29, 0.717) is 5.92 Å². The third kappa shape index (κ3) is 3.25. The van der Waals surface area contributed by atoms with Gasteiger partial charge in [0.2, 0.25) is 5.91 Å². The second-order valence-corrected chi connectivity index (χ2v) is 6.22. The number of amides is 1. The first-order valence-corrected chi connectivity index (χ1v) is 8.19. The maximum atomic E-state index is 11.7. The number of aromatic amines is 1. The number of aryl methyl sites for hydroxylation is 1. The van der Waals surface area contributed by atoms with Crippen molar-refractivity contribution in [3.8, 4) is 0 Å². The summed E-state index contributed by atoms with van der Waals surface area (Å²) in [5.41, 5.74) is 4.17. The number of carbonyl (C=O) groups excluding carboxylic acids is 1. The van der Waals surface area contributed by atoms with Gasteiger partial charge in [0.15, 0.2) is 0 Å². The van der Waals surface area contributed by atoms with E-state index >= 15 is 0 Å². The first-order chi connectivity index (χ1) is 11.6. The fourth-order valence-electron chi connectivity index (χ4n) is 2.99. The van der Waals surface area contributed by atoms with Gasteiger partial charge in [0.1, 0.15) is 0 Å². The minimum absolute atomic E-state index is 0.200. The van der Waals surface area contributed by atoms with E-state index < -0.39 is 0 Å². The van der Waals surface area contributed by atoms with Crippen molar-refractivity contribution in [1.29, 1.82) is 0 Å². The predicted octanol–water partition coefficient (Wildman–Crippen LogP) is 3.13. The summed E-state index contributed by atoms with van der Waals surface area (Å²) in [4.78, 5) is 15.1. The molecule has 1 heterocycles. The molecule has 0 fully saturated rings. The molecular formula is C21H22N2O. The zero-order valence-electron chi connectivity index (χ0n) is 14.1. The van der Waals surface area contributed by atoms with E-state index in [0.717, 1.165) is 28.6 Å². The van der Waals surface area contributed by atoms with E-state index in [1.165, 1.54) is 16.9 Å². The van der Waals surface area contributed by atoms with Crippen LogP contribution in [-0.2, 0) is 4.79 Å². The number of fused-ring (bicyclic) bond motifs is 1. The normalized spacial score (nSPS) is 16.6. The quantitative estimate of drug-likeness (QED) is 0.839. The van der Waals surface area contributed by atoms with E-state index in [1.807, 2.05) is 30.5 Å². The molecule has 1 atom stereocenters. The third-order valence-electron chi connectivity index (χ3n) is 4.30. The SMILES string of the molecule is C=CC(=O)Nc1ccccc1C1=CC(C)CC=c2[nH]cc(C)c2=C1. The standard InChI is InChI=1S/C21H22N2O/c1-4-21(24)23-20-8-6-5-7-17(20)16-11-14(2)9-10-19-18(12-16)15(3)13-22-19/h4-8,10-14,22H,1,9H2,2-3H3,(H,23,24). The summed E-state index contributed by atoms with van der Waals surface area (Å²) in [6.07, 6.45) is 11.0. The number of aromatic nitrogens is 1. The van der Waals surface area contributed by atoms with Crippen molar-refractivity contribution in [3.05, 3.63) is 70.9 Å². The van der Waals surface area contributed by atoms with E-state index in [-0.39, 0.29) is 5.91 Å². The van der Waals surface area contributed by atoms with E-state index in [4.69, 9.17) is 0 Å². The molecule has 0 bridgehead atoms.